The fourth-order valence-electron chi connectivity index (χ4n) is 1.35. The lowest BCUT2D eigenvalue weighted by Gasteiger charge is -1.92. The summed E-state index contributed by atoms with van der Waals surface area (Å²) in [6.07, 6.45) is 3.45. The first-order valence-corrected chi connectivity index (χ1v) is 5.61. The molecule has 15 heavy (non-hydrogen) atoms. The summed E-state index contributed by atoms with van der Waals surface area (Å²) in [5.74, 6) is 0.121. The lowest BCUT2D eigenvalue weighted by atomic mass is 10.1. The van der Waals surface area contributed by atoms with Gasteiger partial charge in [0, 0.05) is 5.56 Å². The standard InChI is InChI=1S/C9H6O.C4H4S/c10-9-6-5-7-3-1-2-4-8(7)9;1-2-4-5-3-1/h1-6H;1-4H. The van der Waals surface area contributed by atoms with Crippen LogP contribution in [-0.2, 0) is 0 Å². The van der Waals surface area contributed by atoms with Gasteiger partial charge in [0.2, 0.25) is 0 Å². The molecule has 1 aromatic heterocycles. The van der Waals surface area contributed by atoms with Crippen molar-refractivity contribution >= 4 is 23.2 Å². The molecule has 0 saturated heterocycles. The van der Waals surface area contributed by atoms with Crippen molar-refractivity contribution in [2.24, 2.45) is 0 Å². The van der Waals surface area contributed by atoms with E-state index in [0.29, 0.717) is 0 Å². The van der Waals surface area contributed by atoms with Gasteiger partial charge in [0.05, 0.1) is 0 Å². The number of rotatable bonds is 0. The van der Waals surface area contributed by atoms with Crippen LogP contribution in [0.25, 0.3) is 6.08 Å². The number of hydrogen-bond donors (Lipinski definition) is 0. The number of benzene rings is 1. The highest BCUT2D eigenvalue weighted by Gasteiger charge is 2.10. The Morgan fingerprint density at radius 2 is 1.60 bits per heavy atom. The van der Waals surface area contributed by atoms with Crippen LogP contribution in [0.3, 0.4) is 0 Å². The fraction of sp³-hybridized carbons (Fsp3) is 0. The second-order valence-electron chi connectivity index (χ2n) is 3.08. The number of carbonyl (C=O) groups excluding carboxylic acids is 1. The smallest absolute Gasteiger partial charge is 0.186 e. The van der Waals surface area contributed by atoms with Gasteiger partial charge in [-0.25, -0.2) is 0 Å². The molecule has 0 N–H and O–H groups in total. The Kier molecular flexibility index (Phi) is 3.10. The van der Waals surface area contributed by atoms with Gasteiger partial charge in [-0.2, -0.15) is 11.3 Å². The Morgan fingerprint density at radius 3 is 2.20 bits per heavy atom. The molecule has 0 fully saturated rings. The van der Waals surface area contributed by atoms with Crippen molar-refractivity contribution < 1.29 is 4.79 Å². The molecular formula is C13H10OS. The zero-order valence-electron chi connectivity index (χ0n) is 8.09. The highest BCUT2D eigenvalue weighted by molar-refractivity contribution is 7.07. The second-order valence-corrected chi connectivity index (χ2v) is 3.89. The van der Waals surface area contributed by atoms with E-state index in [1.54, 1.807) is 17.4 Å². The van der Waals surface area contributed by atoms with E-state index < -0.39 is 0 Å². The van der Waals surface area contributed by atoms with E-state index >= 15 is 0 Å². The molecule has 0 amide bonds. The predicted molar refractivity (Wildman–Crippen MR) is 64.1 cm³/mol. The van der Waals surface area contributed by atoms with Gasteiger partial charge in [0.25, 0.3) is 0 Å². The van der Waals surface area contributed by atoms with E-state index in [0.717, 1.165) is 11.1 Å². The van der Waals surface area contributed by atoms with Gasteiger partial charge < -0.3 is 0 Å². The SMILES string of the molecule is O=C1C=Cc2ccccc21.c1ccsc1. The molecule has 3 rings (SSSR count). The van der Waals surface area contributed by atoms with Gasteiger partial charge in [-0.05, 0) is 22.4 Å². The van der Waals surface area contributed by atoms with Crippen LogP contribution < -0.4 is 0 Å². The maximum atomic E-state index is 11.0. The zero-order valence-corrected chi connectivity index (χ0v) is 8.91. The van der Waals surface area contributed by atoms with Crippen molar-refractivity contribution in [3.8, 4) is 0 Å². The molecule has 0 saturated carbocycles. The van der Waals surface area contributed by atoms with E-state index in [1.807, 2.05) is 53.2 Å². The first-order valence-electron chi connectivity index (χ1n) is 4.66. The van der Waals surface area contributed by atoms with Crippen molar-refractivity contribution in [1.29, 1.82) is 0 Å². The second kappa shape index (κ2) is 4.71. The van der Waals surface area contributed by atoms with Crippen LogP contribution >= 0.6 is 11.3 Å². The molecule has 0 spiro atoms. The molecule has 2 aromatic rings. The van der Waals surface area contributed by atoms with E-state index in [-0.39, 0.29) is 5.78 Å². The molecule has 74 valence electrons. The predicted octanol–water partition coefficient (Wildman–Crippen LogP) is 3.64. The molecule has 1 heterocycles. The van der Waals surface area contributed by atoms with Gasteiger partial charge in [-0.3, -0.25) is 4.79 Å². The normalized spacial score (nSPS) is 11.9. The van der Waals surface area contributed by atoms with E-state index in [9.17, 15) is 4.79 Å². The quantitative estimate of drug-likeness (QED) is 0.654. The van der Waals surface area contributed by atoms with Crippen LogP contribution in [0.1, 0.15) is 15.9 Å². The Labute approximate surface area is 92.7 Å². The summed E-state index contributed by atoms with van der Waals surface area (Å²) in [6.45, 7) is 0. The van der Waals surface area contributed by atoms with Crippen molar-refractivity contribution in [1.82, 2.24) is 0 Å². The van der Waals surface area contributed by atoms with Crippen LogP contribution in [0, 0.1) is 0 Å². The minimum Gasteiger partial charge on any atom is -0.289 e. The van der Waals surface area contributed by atoms with Gasteiger partial charge >= 0.3 is 0 Å². The topological polar surface area (TPSA) is 17.1 Å². The summed E-state index contributed by atoms with van der Waals surface area (Å²) < 4.78 is 0. The Balaban J connectivity index is 0.000000144. The van der Waals surface area contributed by atoms with Crippen LogP contribution in [0.15, 0.2) is 53.2 Å². The summed E-state index contributed by atoms with van der Waals surface area (Å²) in [5.41, 5.74) is 1.86. The third-order valence-corrected chi connectivity index (χ3v) is 2.69. The summed E-state index contributed by atoms with van der Waals surface area (Å²) in [5, 5.41) is 4.08. The number of carbonyl (C=O) groups is 1. The van der Waals surface area contributed by atoms with Gasteiger partial charge in [0.15, 0.2) is 5.78 Å². The average Bonchev–Trinajstić information content (AvgIpc) is 2.92. The monoisotopic (exact) mass is 214 g/mol. The Bertz CT molecular complexity index is 452. The molecule has 2 heteroatoms. The first kappa shape index (κ1) is 9.87. The van der Waals surface area contributed by atoms with Crippen molar-refractivity contribution in [3.05, 3.63) is 64.4 Å². The lowest BCUT2D eigenvalue weighted by Crippen LogP contribution is -1.89. The summed E-state index contributed by atoms with van der Waals surface area (Å²) in [4.78, 5) is 11.0. The minimum atomic E-state index is 0.121. The van der Waals surface area contributed by atoms with E-state index in [1.165, 1.54) is 0 Å². The van der Waals surface area contributed by atoms with Crippen molar-refractivity contribution in [2.75, 3.05) is 0 Å². The number of thiophene rings is 1. The third kappa shape index (κ3) is 2.42. The summed E-state index contributed by atoms with van der Waals surface area (Å²) >= 11 is 1.71. The van der Waals surface area contributed by atoms with Crippen LogP contribution in [0.4, 0.5) is 0 Å². The fourth-order valence-corrected chi connectivity index (χ4v) is 1.80. The zero-order chi connectivity index (χ0) is 10.5. The molecular weight excluding hydrogens is 204 g/mol. The molecule has 0 aliphatic heterocycles. The van der Waals surface area contributed by atoms with Gasteiger partial charge in [-0.15, -0.1) is 0 Å². The summed E-state index contributed by atoms with van der Waals surface area (Å²) in [6, 6.07) is 11.6. The molecule has 0 bridgehead atoms. The molecule has 1 aliphatic rings. The van der Waals surface area contributed by atoms with Crippen molar-refractivity contribution in [2.45, 2.75) is 0 Å². The molecule has 1 nitrogen and oxygen atoms in total. The molecule has 0 atom stereocenters. The molecule has 0 unspecified atom stereocenters. The third-order valence-electron chi connectivity index (χ3n) is 2.07. The molecule has 1 aliphatic carbocycles. The molecule has 0 radical (unpaired) electrons. The number of hydrogen-bond acceptors (Lipinski definition) is 2. The largest absolute Gasteiger partial charge is 0.289 e. The maximum absolute atomic E-state index is 11.0. The number of ketones is 1. The van der Waals surface area contributed by atoms with Crippen molar-refractivity contribution in [3.63, 3.8) is 0 Å². The minimum absolute atomic E-state index is 0.121. The van der Waals surface area contributed by atoms with Gasteiger partial charge in [-0.1, -0.05) is 42.5 Å². The Hall–Kier alpha value is -1.67. The van der Waals surface area contributed by atoms with Gasteiger partial charge in [0.1, 0.15) is 0 Å². The lowest BCUT2D eigenvalue weighted by molar-refractivity contribution is 0.105. The molecule has 1 aromatic carbocycles. The first-order chi connectivity index (χ1) is 7.38. The maximum Gasteiger partial charge on any atom is 0.186 e. The number of fused-ring (bicyclic) bond motifs is 1. The van der Waals surface area contributed by atoms with E-state index in [2.05, 4.69) is 0 Å². The Morgan fingerprint density at radius 1 is 0.867 bits per heavy atom. The van der Waals surface area contributed by atoms with Crippen LogP contribution in [-0.4, -0.2) is 5.78 Å². The van der Waals surface area contributed by atoms with Crippen LogP contribution in [0.2, 0.25) is 0 Å². The summed E-state index contributed by atoms with van der Waals surface area (Å²) in [7, 11) is 0. The highest BCUT2D eigenvalue weighted by Crippen LogP contribution is 2.17. The van der Waals surface area contributed by atoms with E-state index in [4.69, 9.17) is 0 Å². The number of allylic oxidation sites excluding steroid dienone is 1. The highest BCUT2D eigenvalue weighted by atomic mass is 32.1. The average molecular weight is 214 g/mol. The van der Waals surface area contributed by atoms with Crippen LogP contribution in [0.5, 0.6) is 0 Å².